The number of likely N-dealkylation sites (N-methyl/N-ethyl adjacent to an activating group) is 1. The van der Waals surface area contributed by atoms with Gasteiger partial charge in [-0.25, -0.2) is 0 Å². The van der Waals surface area contributed by atoms with E-state index in [1.807, 2.05) is 0 Å². The zero-order chi connectivity index (χ0) is 6.27. The molecular weight excluding hydrogens is 114 g/mol. The summed E-state index contributed by atoms with van der Waals surface area (Å²) in [6, 6.07) is 0.647. The van der Waals surface area contributed by atoms with Gasteiger partial charge in [0.25, 0.3) is 0 Å². The van der Waals surface area contributed by atoms with Crippen LogP contribution in [0.25, 0.3) is 0 Å². The molecule has 2 heteroatoms. The first-order chi connectivity index (χ1) is 4.38. The summed E-state index contributed by atoms with van der Waals surface area (Å²) >= 11 is 0. The Kier molecular flexibility index (Phi) is 1.02. The molecule has 2 aliphatic rings. The van der Waals surface area contributed by atoms with Gasteiger partial charge in [-0.2, -0.15) is 0 Å². The van der Waals surface area contributed by atoms with Crippen molar-refractivity contribution >= 4 is 0 Å². The van der Waals surface area contributed by atoms with Crippen molar-refractivity contribution in [3.63, 3.8) is 0 Å². The molecule has 1 atom stereocenters. The Hall–Kier alpha value is -0.500. The van der Waals surface area contributed by atoms with Crippen LogP contribution in [-0.2, 0) is 4.74 Å². The molecule has 2 heterocycles. The van der Waals surface area contributed by atoms with Gasteiger partial charge in [0.15, 0.2) is 0 Å². The van der Waals surface area contributed by atoms with E-state index in [0.29, 0.717) is 6.04 Å². The highest BCUT2D eigenvalue weighted by Crippen LogP contribution is 2.24. The monoisotopic (exact) mass is 125 g/mol. The molecule has 2 nitrogen and oxygen atoms in total. The number of rotatable bonds is 0. The lowest BCUT2D eigenvalue weighted by Gasteiger charge is -2.30. The predicted molar refractivity (Wildman–Crippen MR) is 35.1 cm³/mol. The summed E-state index contributed by atoms with van der Waals surface area (Å²) in [4.78, 5) is 2.32. The fourth-order valence-electron chi connectivity index (χ4n) is 1.45. The second-order valence-corrected chi connectivity index (χ2v) is 2.71. The van der Waals surface area contributed by atoms with Crippen molar-refractivity contribution in [3.05, 3.63) is 11.8 Å². The second-order valence-electron chi connectivity index (χ2n) is 2.71. The van der Waals surface area contributed by atoms with Gasteiger partial charge in [-0.15, -0.1) is 0 Å². The van der Waals surface area contributed by atoms with E-state index in [9.17, 15) is 0 Å². The third-order valence-corrected chi connectivity index (χ3v) is 2.19. The van der Waals surface area contributed by atoms with Crippen LogP contribution in [0.1, 0.15) is 6.42 Å². The lowest BCUT2D eigenvalue weighted by Crippen LogP contribution is -2.36. The molecule has 50 valence electrons. The van der Waals surface area contributed by atoms with Crippen LogP contribution in [0.3, 0.4) is 0 Å². The van der Waals surface area contributed by atoms with E-state index >= 15 is 0 Å². The van der Waals surface area contributed by atoms with Gasteiger partial charge < -0.3 is 9.64 Å². The van der Waals surface area contributed by atoms with Crippen LogP contribution in [0.4, 0.5) is 0 Å². The van der Waals surface area contributed by atoms with Gasteiger partial charge in [-0.1, -0.05) is 6.08 Å². The first-order valence-electron chi connectivity index (χ1n) is 3.37. The molecular formula is C7H11NO. The summed E-state index contributed by atoms with van der Waals surface area (Å²) in [5.74, 6) is 0. The van der Waals surface area contributed by atoms with E-state index in [4.69, 9.17) is 4.74 Å². The summed E-state index contributed by atoms with van der Waals surface area (Å²) < 4.78 is 5.32. The molecule has 2 bridgehead atoms. The minimum atomic E-state index is 0.647. The Morgan fingerprint density at radius 3 is 3.33 bits per heavy atom. The zero-order valence-electron chi connectivity index (χ0n) is 5.63. The Morgan fingerprint density at radius 1 is 1.78 bits per heavy atom. The molecule has 0 aromatic heterocycles. The van der Waals surface area contributed by atoms with Gasteiger partial charge in [0.1, 0.15) is 0 Å². The minimum absolute atomic E-state index is 0.647. The average molecular weight is 125 g/mol. The van der Waals surface area contributed by atoms with Crippen molar-refractivity contribution in [2.45, 2.75) is 12.5 Å². The Morgan fingerprint density at radius 2 is 2.67 bits per heavy atom. The molecule has 0 radical (unpaired) electrons. The molecule has 0 aromatic rings. The number of hydrogen-bond donors (Lipinski definition) is 0. The van der Waals surface area contributed by atoms with Crippen molar-refractivity contribution in [1.29, 1.82) is 0 Å². The third kappa shape index (κ3) is 0.663. The van der Waals surface area contributed by atoms with Gasteiger partial charge in [0.05, 0.1) is 19.3 Å². The van der Waals surface area contributed by atoms with Crippen molar-refractivity contribution in [1.82, 2.24) is 4.90 Å². The van der Waals surface area contributed by atoms with E-state index < -0.39 is 0 Å². The van der Waals surface area contributed by atoms with E-state index in [0.717, 1.165) is 13.2 Å². The van der Waals surface area contributed by atoms with Crippen LogP contribution in [0.15, 0.2) is 11.8 Å². The predicted octanol–water partition coefficient (Wildman–Crippen LogP) is 0.605. The van der Waals surface area contributed by atoms with Crippen LogP contribution in [-0.4, -0.2) is 31.2 Å². The molecule has 0 aromatic carbocycles. The highest BCUT2D eigenvalue weighted by molar-refractivity contribution is 5.12. The highest BCUT2D eigenvalue weighted by Gasteiger charge is 2.26. The Bertz CT molecular complexity index is 153. The van der Waals surface area contributed by atoms with Crippen molar-refractivity contribution in [2.24, 2.45) is 0 Å². The van der Waals surface area contributed by atoms with Crippen molar-refractivity contribution in [3.8, 4) is 0 Å². The molecule has 1 saturated heterocycles. The number of fused-ring (bicyclic) bond motifs is 2. The minimum Gasteiger partial charge on any atom is -0.373 e. The van der Waals surface area contributed by atoms with Crippen LogP contribution in [0, 0.1) is 0 Å². The smallest absolute Gasteiger partial charge is 0.0862 e. The molecule has 0 N–H and O–H groups in total. The molecule has 0 saturated carbocycles. The van der Waals surface area contributed by atoms with E-state index in [1.54, 1.807) is 0 Å². The third-order valence-electron chi connectivity index (χ3n) is 2.19. The molecule has 0 aliphatic carbocycles. The lowest BCUT2D eigenvalue weighted by atomic mass is 10.2. The quantitative estimate of drug-likeness (QED) is 0.470. The molecule has 1 fully saturated rings. The van der Waals surface area contributed by atoms with Crippen molar-refractivity contribution in [2.75, 3.05) is 20.3 Å². The number of ether oxygens (including phenoxy) is 1. The van der Waals surface area contributed by atoms with E-state index in [1.165, 1.54) is 12.1 Å². The molecule has 1 unspecified atom stereocenters. The first-order valence-corrected chi connectivity index (χ1v) is 3.37. The molecule has 9 heavy (non-hydrogen) atoms. The standard InChI is InChI=1S/C7H11NO/c1-8-6-2-3-7(8)5-9-4-6/h2,7H,3-5H2,1H3. The van der Waals surface area contributed by atoms with Crippen LogP contribution < -0.4 is 0 Å². The van der Waals surface area contributed by atoms with E-state index in [2.05, 4.69) is 18.0 Å². The summed E-state index contributed by atoms with van der Waals surface area (Å²) in [5.41, 5.74) is 1.37. The van der Waals surface area contributed by atoms with Crippen molar-refractivity contribution < 1.29 is 4.74 Å². The van der Waals surface area contributed by atoms with Crippen LogP contribution in [0.5, 0.6) is 0 Å². The second kappa shape index (κ2) is 1.74. The fourth-order valence-corrected chi connectivity index (χ4v) is 1.45. The normalized spacial score (nSPS) is 32.8. The zero-order valence-corrected chi connectivity index (χ0v) is 5.63. The maximum atomic E-state index is 5.32. The topological polar surface area (TPSA) is 12.5 Å². The van der Waals surface area contributed by atoms with Gasteiger partial charge >= 0.3 is 0 Å². The van der Waals surface area contributed by atoms with Gasteiger partial charge in [-0.05, 0) is 6.42 Å². The Balaban J connectivity index is 2.21. The number of nitrogens with zero attached hydrogens (tertiary/aromatic N) is 1. The van der Waals surface area contributed by atoms with Crippen LogP contribution in [0.2, 0.25) is 0 Å². The summed E-state index contributed by atoms with van der Waals surface area (Å²) in [6.07, 6.45) is 3.46. The first kappa shape index (κ1) is 5.30. The van der Waals surface area contributed by atoms with Crippen LogP contribution >= 0.6 is 0 Å². The summed E-state index contributed by atoms with van der Waals surface area (Å²) in [6.45, 7) is 1.74. The fraction of sp³-hybridized carbons (Fsp3) is 0.714. The summed E-state index contributed by atoms with van der Waals surface area (Å²) in [5, 5.41) is 0. The summed E-state index contributed by atoms with van der Waals surface area (Å²) in [7, 11) is 2.14. The largest absolute Gasteiger partial charge is 0.373 e. The molecule has 0 spiro atoms. The average Bonchev–Trinajstić information content (AvgIpc) is 2.19. The SMILES string of the molecule is CN1C2=CCC1COC2. The molecule has 0 amide bonds. The maximum Gasteiger partial charge on any atom is 0.0862 e. The van der Waals surface area contributed by atoms with Gasteiger partial charge in [-0.3, -0.25) is 0 Å². The number of morpholine rings is 1. The number of hydrogen-bond acceptors (Lipinski definition) is 2. The Labute approximate surface area is 55.1 Å². The lowest BCUT2D eigenvalue weighted by molar-refractivity contribution is 0.0536. The highest BCUT2D eigenvalue weighted by atomic mass is 16.5. The molecule has 2 aliphatic heterocycles. The van der Waals surface area contributed by atoms with Gasteiger partial charge in [0.2, 0.25) is 0 Å². The van der Waals surface area contributed by atoms with Gasteiger partial charge in [0, 0.05) is 12.7 Å². The van der Waals surface area contributed by atoms with E-state index in [-0.39, 0.29) is 0 Å². The molecule has 2 rings (SSSR count). The maximum absolute atomic E-state index is 5.32.